The molecule has 2 amide bonds. The van der Waals surface area contributed by atoms with Gasteiger partial charge in [-0.2, -0.15) is 5.26 Å². The predicted octanol–water partition coefficient (Wildman–Crippen LogP) is 3.36. The van der Waals surface area contributed by atoms with E-state index < -0.39 is 0 Å². The van der Waals surface area contributed by atoms with Crippen molar-refractivity contribution in [1.29, 1.82) is 5.26 Å². The van der Waals surface area contributed by atoms with E-state index in [0.29, 0.717) is 12.1 Å². The van der Waals surface area contributed by atoms with Gasteiger partial charge in [0.05, 0.1) is 11.6 Å². The summed E-state index contributed by atoms with van der Waals surface area (Å²) in [7, 11) is 0. The first-order valence-electron chi connectivity index (χ1n) is 9.99. The molecule has 2 fully saturated rings. The summed E-state index contributed by atoms with van der Waals surface area (Å²) in [6.07, 6.45) is 8.00. The molecule has 1 saturated heterocycles. The summed E-state index contributed by atoms with van der Waals surface area (Å²) in [5.41, 5.74) is 1.66. The van der Waals surface area contributed by atoms with Gasteiger partial charge in [0.15, 0.2) is 0 Å². The number of carbonyl (C=O) groups excluding carboxylic acids is 1. The van der Waals surface area contributed by atoms with Crippen molar-refractivity contribution >= 4 is 6.03 Å². The number of hydrogen-bond donors (Lipinski definition) is 1. The van der Waals surface area contributed by atoms with E-state index in [1.807, 2.05) is 17.0 Å². The molecule has 2 aliphatic rings. The average molecular weight is 354 g/mol. The van der Waals surface area contributed by atoms with Crippen molar-refractivity contribution in [3.63, 3.8) is 0 Å². The molecule has 0 radical (unpaired) electrons. The monoisotopic (exact) mass is 354 g/mol. The van der Waals surface area contributed by atoms with E-state index >= 15 is 0 Å². The molecule has 1 aliphatic carbocycles. The minimum absolute atomic E-state index is 0.0221. The fraction of sp³-hybridized carbons (Fsp3) is 0.619. The van der Waals surface area contributed by atoms with Crippen LogP contribution in [0.5, 0.6) is 0 Å². The average Bonchev–Trinajstić information content (AvgIpc) is 2.93. The van der Waals surface area contributed by atoms with Crippen molar-refractivity contribution < 1.29 is 4.79 Å². The van der Waals surface area contributed by atoms with E-state index in [1.54, 1.807) is 12.1 Å². The third kappa shape index (κ3) is 5.47. The minimum atomic E-state index is 0.0221. The highest BCUT2D eigenvalue weighted by Crippen LogP contribution is 2.24. The molecule has 0 atom stereocenters. The summed E-state index contributed by atoms with van der Waals surface area (Å²) in [4.78, 5) is 17.0. The lowest BCUT2D eigenvalue weighted by atomic mass is 9.89. The molecule has 3 rings (SSSR count). The SMILES string of the molecule is N#Cc1ccc(CNC(=O)N2CCCN(CC3CCCCC3)CC2)cc1. The highest BCUT2D eigenvalue weighted by molar-refractivity contribution is 5.74. The number of benzene rings is 1. The summed E-state index contributed by atoms with van der Waals surface area (Å²) in [5.74, 6) is 0.862. The van der Waals surface area contributed by atoms with E-state index in [1.165, 1.54) is 38.6 Å². The Balaban J connectivity index is 1.42. The Morgan fingerprint density at radius 1 is 1.04 bits per heavy atom. The van der Waals surface area contributed by atoms with Crippen molar-refractivity contribution in [2.24, 2.45) is 5.92 Å². The van der Waals surface area contributed by atoms with Gasteiger partial charge in [-0.3, -0.25) is 0 Å². The molecule has 1 aliphatic heterocycles. The van der Waals surface area contributed by atoms with Crippen molar-refractivity contribution in [3.8, 4) is 6.07 Å². The van der Waals surface area contributed by atoms with Gasteiger partial charge in [0, 0.05) is 32.7 Å². The molecular weight excluding hydrogens is 324 g/mol. The van der Waals surface area contributed by atoms with Crippen LogP contribution in [0.2, 0.25) is 0 Å². The lowest BCUT2D eigenvalue weighted by Crippen LogP contribution is -2.42. The van der Waals surface area contributed by atoms with E-state index in [-0.39, 0.29) is 6.03 Å². The smallest absolute Gasteiger partial charge is 0.317 e. The van der Waals surface area contributed by atoms with Crippen LogP contribution >= 0.6 is 0 Å². The zero-order valence-corrected chi connectivity index (χ0v) is 15.6. The van der Waals surface area contributed by atoms with Gasteiger partial charge in [-0.05, 0) is 49.4 Å². The lowest BCUT2D eigenvalue weighted by Gasteiger charge is -2.28. The number of carbonyl (C=O) groups is 1. The maximum absolute atomic E-state index is 12.5. The van der Waals surface area contributed by atoms with Gasteiger partial charge in [0.1, 0.15) is 0 Å². The molecule has 1 aromatic rings. The number of rotatable bonds is 4. The van der Waals surface area contributed by atoms with Gasteiger partial charge < -0.3 is 15.1 Å². The van der Waals surface area contributed by atoms with Crippen LogP contribution in [0.15, 0.2) is 24.3 Å². The second kappa shape index (κ2) is 9.59. The van der Waals surface area contributed by atoms with Gasteiger partial charge in [0.2, 0.25) is 0 Å². The molecular formula is C21H30N4O. The molecule has 1 saturated carbocycles. The van der Waals surface area contributed by atoms with Crippen molar-refractivity contribution in [1.82, 2.24) is 15.1 Å². The molecule has 0 unspecified atom stereocenters. The van der Waals surface area contributed by atoms with Gasteiger partial charge >= 0.3 is 6.03 Å². The number of nitrogens with one attached hydrogen (secondary N) is 1. The van der Waals surface area contributed by atoms with Crippen molar-refractivity contribution in [3.05, 3.63) is 35.4 Å². The van der Waals surface area contributed by atoms with Crippen LogP contribution in [0, 0.1) is 17.2 Å². The predicted molar refractivity (Wildman–Crippen MR) is 103 cm³/mol. The molecule has 0 aromatic heterocycles. The van der Waals surface area contributed by atoms with E-state index in [9.17, 15) is 4.79 Å². The van der Waals surface area contributed by atoms with Crippen LogP contribution in [0.1, 0.15) is 49.7 Å². The van der Waals surface area contributed by atoms with E-state index in [2.05, 4.69) is 16.3 Å². The molecule has 5 nitrogen and oxygen atoms in total. The van der Waals surface area contributed by atoms with E-state index in [4.69, 9.17) is 5.26 Å². The van der Waals surface area contributed by atoms with Crippen LogP contribution in [0.25, 0.3) is 0 Å². The van der Waals surface area contributed by atoms with E-state index in [0.717, 1.165) is 44.1 Å². The number of hydrogen-bond acceptors (Lipinski definition) is 3. The summed E-state index contributed by atoms with van der Waals surface area (Å²) in [6, 6.07) is 9.50. The zero-order chi connectivity index (χ0) is 18.2. The highest BCUT2D eigenvalue weighted by atomic mass is 16.2. The third-order valence-corrected chi connectivity index (χ3v) is 5.64. The Labute approximate surface area is 157 Å². The molecule has 1 heterocycles. The molecule has 26 heavy (non-hydrogen) atoms. The Hall–Kier alpha value is -2.06. The standard InChI is InChI=1S/C21H30N4O/c22-15-18-7-9-19(10-8-18)16-23-21(26)25-12-4-11-24(13-14-25)17-20-5-2-1-3-6-20/h7-10,20H,1-6,11-14,16-17H2,(H,23,26). The highest BCUT2D eigenvalue weighted by Gasteiger charge is 2.22. The van der Waals surface area contributed by atoms with Crippen LogP contribution in [-0.4, -0.2) is 48.6 Å². The number of amides is 2. The number of nitrogens with zero attached hydrogens (tertiary/aromatic N) is 3. The molecule has 1 N–H and O–H groups in total. The van der Waals surface area contributed by atoms with Gasteiger partial charge in [-0.1, -0.05) is 31.4 Å². The zero-order valence-electron chi connectivity index (χ0n) is 15.6. The fourth-order valence-corrected chi connectivity index (χ4v) is 4.08. The summed E-state index contributed by atoms with van der Waals surface area (Å²) >= 11 is 0. The normalized spacial score (nSPS) is 19.6. The summed E-state index contributed by atoms with van der Waals surface area (Å²) < 4.78 is 0. The first kappa shape index (κ1) is 18.7. The number of urea groups is 1. The second-order valence-corrected chi connectivity index (χ2v) is 7.61. The largest absolute Gasteiger partial charge is 0.334 e. The topological polar surface area (TPSA) is 59.4 Å². The molecule has 140 valence electrons. The molecule has 0 bridgehead atoms. The third-order valence-electron chi connectivity index (χ3n) is 5.64. The molecule has 0 spiro atoms. The fourth-order valence-electron chi connectivity index (χ4n) is 4.08. The summed E-state index contributed by atoms with van der Waals surface area (Å²) in [6.45, 7) is 5.45. The van der Waals surface area contributed by atoms with Crippen LogP contribution in [0.3, 0.4) is 0 Å². The minimum Gasteiger partial charge on any atom is -0.334 e. The summed E-state index contributed by atoms with van der Waals surface area (Å²) in [5, 5.41) is 11.9. The quantitative estimate of drug-likeness (QED) is 0.902. The molecule has 1 aromatic carbocycles. The van der Waals surface area contributed by atoms with Crippen LogP contribution in [-0.2, 0) is 6.54 Å². The lowest BCUT2D eigenvalue weighted by molar-refractivity contribution is 0.189. The Kier molecular flexibility index (Phi) is 6.90. The first-order valence-corrected chi connectivity index (χ1v) is 9.99. The van der Waals surface area contributed by atoms with Gasteiger partial charge in [-0.25, -0.2) is 4.79 Å². The Morgan fingerprint density at radius 2 is 1.81 bits per heavy atom. The van der Waals surface area contributed by atoms with Gasteiger partial charge in [-0.15, -0.1) is 0 Å². The van der Waals surface area contributed by atoms with Gasteiger partial charge in [0.25, 0.3) is 0 Å². The van der Waals surface area contributed by atoms with Crippen LogP contribution in [0.4, 0.5) is 4.79 Å². The Morgan fingerprint density at radius 3 is 2.54 bits per heavy atom. The second-order valence-electron chi connectivity index (χ2n) is 7.61. The maximum Gasteiger partial charge on any atom is 0.317 e. The molecule has 5 heteroatoms. The Bertz CT molecular complexity index is 616. The van der Waals surface area contributed by atoms with Crippen molar-refractivity contribution in [2.45, 2.75) is 45.1 Å². The van der Waals surface area contributed by atoms with Crippen molar-refractivity contribution in [2.75, 3.05) is 32.7 Å². The van der Waals surface area contributed by atoms with Crippen LogP contribution < -0.4 is 5.32 Å². The maximum atomic E-state index is 12.5. The first-order chi connectivity index (χ1) is 12.7. The number of nitriles is 1.